The average Bonchev–Trinajstić information content (AvgIpc) is 3.43. The molecule has 1 saturated heterocycles. The minimum atomic E-state index is 0. The molecule has 8 heteroatoms. The van der Waals surface area contributed by atoms with Crippen molar-refractivity contribution in [2.24, 2.45) is 4.99 Å². The van der Waals surface area contributed by atoms with E-state index in [4.69, 9.17) is 9.41 Å². The topological polar surface area (TPSA) is 73.1 Å². The summed E-state index contributed by atoms with van der Waals surface area (Å²) in [4.78, 5) is 21.3. The molecule has 1 aromatic carbocycles. The number of fused-ring (bicyclic) bond motifs is 1. The van der Waals surface area contributed by atoms with Crippen LogP contribution < -0.4 is 10.6 Å². The van der Waals surface area contributed by atoms with Gasteiger partial charge in [0.05, 0.1) is 6.54 Å². The number of nitrogens with one attached hydrogen (secondary N) is 2. The number of hydrogen-bond acceptors (Lipinski definition) is 4. The number of amides is 1. The Hall–Kier alpha value is -1.81. The smallest absolute Gasteiger partial charge is 0.234 e. The molecule has 1 saturated carbocycles. The van der Waals surface area contributed by atoms with Gasteiger partial charge in [0.25, 0.3) is 0 Å². The van der Waals surface area contributed by atoms with Gasteiger partial charge in [0, 0.05) is 57.1 Å². The maximum atomic E-state index is 12.0. The van der Waals surface area contributed by atoms with Crippen LogP contribution in [0.3, 0.4) is 0 Å². The Balaban J connectivity index is 0.00000256. The van der Waals surface area contributed by atoms with Crippen LogP contribution in [0.5, 0.6) is 0 Å². The Morgan fingerprint density at radius 2 is 1.97 bits per heavy atom. The van der Waals surface area contributed by atoms with Gasteiger partial charge in [-0.15, -0.1) is 24.0 Å². The van der Waals surface area contributed by atoms with Crippen molar-refractivity contribution in [1.29, 1.82) is 0 Å². The summed E-state index contributed by atoms with van der Waals surface area (Å²) < 4.78 is 5.89. The lowest BCUT2D eigenvalue weighted by molar-refractivity contribution is -0.122. The molecule has 1 aliphatic heterocycles. The number of para-hydroxylation sites is 1. The van der Waals surface area contributed by atoms with Gasteiger partial charge in [-0.05, 0) is 31.9 Å². The molecule has 2 aromatic rings. The zero-order valence-electron chi connectivity index (χ0n) is 17.6. The van der Waals surface area contributed by atoms with Crippen molar-refractivity contribution < 1.29 is 9.21 Å². The van der Waals surface area contributed by atoms with E-state index in [0.717, 1.165) is 74.7 Å². The first kappa shape index (κ1) is 22.9. The minimum Gasteiger partial charge on any atom is -0.461 e. The van der Waals surface area contributed by atoms with E-state index in [1.165, 1.54) is 0 Å². The van der Waals surface area contributed by atoms with E-state index in [-0.39, 0.29) is 29.9 Å². The number of nitrogens with zero attached hydrogens (tertiary/aromatic N) is 3. The number of hydrogen-bond donors (Lipinski definition) is 2. The first-order valence-electron chi connectivity index (χ1n) is 10.7. The number of carbonyl (C=O) groups excluding carboxylic acids is 1. The summed E-state index contributed by atoms with van der Waals surface area (Å²) in [5.41, 5.74) is 0.931. The molecule has 0 radical (unpaired) electrons. The highest BCUT2D eigenvalue weighted by Gasteiger charge is 2.25. The molecule has 2 fully saturated rings. The van der Waals surface area contributed by atoms with Crippen LogP contribution in [0, 0.1) is 0 Å². The van der Waals surface area contributed by atoms with Crippen molar-refractivity contribution in [3.05, 3.63) is 36.1 Å². The van der Waals surface area contributed by atoms with Gasteiger partial charge in [-0.2, -0.15) is 0 Å². The fourth-order valence-corrected chi connectivity index (χ4v) is 3.68. The quantitative estimate of drug-likeness (QED) is 0.330. The molecule has 0 atom stereocenters. The summed E-state index contributed by atoms with van der Waals surface area (Å²) in [7, 11) is 0. The first-order valence-corrected chi connectivity index (χ1v) is 10.7. The number of aliphatic imine (C=N–C) groups is 1. The van der Waals surface area contributed by atoms with Crippen molar-refractivity contribution in [3.8, 4) is 0 Å². The van der Waals surface area contributed by atoms with E-state index >= 15 is 0 Å². The Morgan fingerprint density at radius 3 is 2.67 bits per heavy atom. The van der Waals surface area contributed by atoms with Crippen LogP contribution in [-0.4, -0.2) is 73.5 Å². The van der Waals surface area contributed by atoms with E-state index in [2.05, 4.69) is 39.5 Å². The van der Waals surface area contributed by atoms with Gasteiger partial charge in [-0.1, -0.05) is 18.2 Å². The maximum Gasteiger partial charge on any atom is 0.234 e. The molecule has 1 aromatic heterocycles. The van der Waals surface area contributed by atoms with E-state index in [0.29, 0.717) is 19.1 Å². The number of halogens is 1. The van der Waals surface area contributed by atoms with Crippen LogP contribution in [0.4, 0.5) is 0 Å². The molecule has 1 amide bonds. The molecule has 0 bridgehead atoms. The maximum absolute atomic E-state index is 12.0. The van der Waals surface area contributed by atoms with Gasteiger partial charge in [0.15, 0.2) is 5.96 Å². The summed E-state index contributed by atoms with van der Waals surface area (Å²) >= 11 is 0. The second-order valence-electron chi connectivity index (χ2n) is 7.84. The second-order valence-corrected chi connectivity index (χ2v) is 7.84. The van der Waals surface area contributed by atoms with Crippen molar-refractivity contribution in [1.82, 2.24) is 20.4 Å². The molecule has 164 valence electrons. The third-order valence-corrected chi connectivity index (χ3v) is 5.41. The highest BCUT2D eigenvalue weighted by atomic mass is 127. The Bertz CT molecular complexity index is 823. The molecular weight excluding hydrogens is 493 g/mol. The Labute approximate surface area is 195 Å². The second kappa shape index (κ2) is 11.0. The highest BCUT2D eigenvalue weighted by molar-refractivity contribution is 14.0. The predicted octanol–water partition coefficient (Wildman–Crippen LogP) is 2.46. The summed E-state index contributed by atoms with van der Waals surface area (Å²) in [6, 6.07) is 10.6. The van der Waals surface area contributed by atoms with E-state index < -0.39 is 0 Å². The van der Waals surface area contributed by atoms with Crippen molar-refractivity contribution in [2.45, 2.75) is 32.2 Å². The predicted molar refractivity (Wildman–Crippen MR) is 130 cm³/mol. The molecule has 4 rings (SSSR count). The van der Waals surface area contributed by atoms with Gasteiger partial charge < -0.3 is 20.0 Å². The van der Waals surface area contributed by atoms with Crippen LogP contribution in [-0.2, 0) is 11.2 Å². The lowest BCUT2D eigenvalue weighted by Crippen LogP contribution is -2.54. The molecule has 30 heavy (non-hydrogen) atoms. The summed E-state index contributed by atoms with van der Waals surface area (Å²) in [5, 5.41) is 7.61. The molecule has 2 heterocycles. The van der Waals surface area contributed by atoms with Gasteiger partial charge in [-0.25, -0.2) is 0 Å². The molecule has 0 spiro atoms. The highest BCUT2D eigenvalue weighted by Crippen LogP contribution is 2.19. The largest absolute Gasteiger partial charge is 0.461 e. The third kappa shape index (κ3) is 6.34. The Kier molecular flexibility index (Phi) is 8.38. The lowest BCUT2D eigenvalue weighted by atomic mass is 10.2. The standard InChI is InChI=1S/C22H31N5O2.HI/c1-2-23-22(24-10-9-19-15-17-5-3-4-6-20(17)29-19)27-13-11-26(12-14-27)16-21(28)25-18-7-8-18;/h3-6,15,18H,2,7-14,16H2,1H3,(H,23,24)(H,25,28);1H. The normalized spacial score (nSPS) is 17.6. The van der Waals surface area contributed by atoms with Crippen LogP contribution >= 0.6 is 24.0 Å². The van der Waals surface area contributed by atoms with Gasteiger partial charge in [0.2, 0.25) is 5.91 Å². The van der Waals surface area contributed by atoms with Crippen molar-refractivity contribution >= 4 is 46.8 Å². The van der Waals surface area contributed by atoms with E-state index in [9.17, 15) is 4.79 Å². The fourth-order valence-electron chi connectivity index (χ4n) is 3.68. The van der Waals surface area contributed by atoms with E-state index in [1.54, 1.807) is 0 Å². The first-order chi connectivity index (χ1) is 14.2. The molecule has 7 nitrogen and oxygen atoms in total. The summed E-state index contributed by atoms with van der Waals surface area (Å²) in [6.07, 6.45) is 3.05. The van der Waals surface area contributed by atoms with Crippen LogP contribution in [0.25, 0.3) is 11.0 Å². The Morgan fingerprint density at radius 1 is 1.20 bits per heavy atom. The van der Waals surface area contributed by atoms with Crippen LogP contribution in [0.1, 0.15) is 25.5 Å². The fraction of sp³-hybridized carbons (Fsp3) is 0.545. The van der Waals surface area contributed by atoms with Gasteiger partial charge in [0.1, 0.15) is 11.3 Å². The molecule has 2 N–H and O–H groups in total. The zero-order chi connectivity index (χ0) is 20.1. The number of carbonyl (C=O) groups is 1. The number of guanidine groups is 1. The van der Waals surface area contributed by atoms with E-state index in [1.807, 2.05) is 18.2 Å². The molecule has 2 aliphatic rings. The number of furan rings is 1. The minimum absolute atomic E-state index is 0. The van der Waals surface area contributed by atoms with Gasteiger partial charge >= 0.3 is 0 Å². The number of benzene rings is 1. The third-order valence-electron chi connectivity index (χ3n) is 5.41. The van der Waals surface area contributed by atoms with Crippen LogP contribution in [0.15, 0.2) is 39.7 Å². The average molecular weight is 525 g/mol. The molecule has 0 unspecified atom stereocenters. The molecular formula is C22H32IN5O2. The van der Waals surface area contributed by atoms with Crippen molar-refractivity contribution in [3.63, 3.8) is 0 Å². The van der Waals surface area contributed by atoms with Crippen LogP contribution in [0.2, 0.25) is 0 Å². The summed E-state index contributed by atoms with van der Waals surface area (Å²) in [6.45, 7) is 7.65. The summed E-state index contributed by atoms with van der Waals surface area (Å²) in [5.74, 6) is 2.08. The molecule has 1 aliphatic carbocycles. The monoisotopic (exact) mass is 525 g/mol. The zero-order valence-corrected chi connectivity index (χ0v) is 19.9. The SMILES string of the molecule is CCNC(=NCCc1cc2ccccc2o1)N1CCN(CC(=O)NC2CC2)CC1.I. The lowest BCUT2D eigenvalue weighted by Gasteiger charge is -2.36. The number of rotatable bonds is 7. The number of piperazine rings is 1. The van der Waals surface area contributed by atoms with Crippen molar-refractivity contribution in [2.75, 3.05) is 45.8 Å². The van der Waals surface area contributed by atoms with Gasteiger partial charge in [-0.3, -0.25) is 14.7 Å².